The number of nitrogens with one attached hydrogen (secondary N) is 2. The Morgan fingerprint density at radius 1 is 1.38 bits per heavy atom. The predicted molar refractivity (Wildman–Crippen MR) is 71.0 cm³/mol. The minimum atomic E-state index is -1.35. The van der Waals surface area contributed by atoms with Crippen molar-refractivity contribution in [2.75, 3.05) is 5.32 Å². The van der Waals surface area contributed by atoms with Crippen LogP contribution in [0.25, 0.3) is 0 Å². The van der Waals surface area contributed by atoms with Crippen LogP contribution >= 0.6 is 11.8 Å². The van der Waals surface area contributed by atoms with Gasteiger partial charge in [-0.2, -0.15) is 0 Å². The summed E-state index contributed by atoms with van der Waals surface area (Å²) in [6.07, 6.45) is -0.225. The Morgan fingerprint density at radius 2 is 2.10 bits per heavy atom. The molecule has 0 aliphatic carbocycles. The molecule has 1 atom stereocenters. The third kappa shape index (κ3) is 3.51. The van der Waals surface area contributed by atoms with E-state index in [0.29, 0.717) is 0 Å². The number of carbonyl (C=O) groups excluding carboxylic acids is 3. The van der Waals surface area contributed by atoms with E-state index in [1.807, 2.05) is 0 Å². The molecular weight excluding hydrogens is 300 g/mol. The largest absolute Gasteiger partial charge is 0.872 e. The molecule has 0 radical (unpaired) electrons. The third-order valence-corrected chi connectivity index (χ3v) is 3.61. The molecule has 2 rings (SSSR count). The Hall–Kier alpha value is -2.55. The number of amides is 3. The molecular formula is C12H9N2O6S-. The lowest BCUT2D eigenvalue weighted by Crippen LogP contribution is -2.27. The smallest absolute Gasteiger partial charge is 0.335 e. The number of aromatic carboxylic acids is 1. The van der Waals surface area contributed by atoms with E-state index in [9.17, 15) is 24.3 Å². The molecule has 0 saturated carbocycles. The second kappa shape index (κ2) is 5.83. The van der Waals surface area contributed by atoms with Gasteiger partial charge in [0, 0.05) is 12.1 Å². The lowest BCUT2D eigenvalue weighted by atomic mass is 10.1. The summed E-state index contributed by atoms with van der Waals surface area (Å²) in [6, 6.07) is 3.34. The minimum Gasteiger partial charge on any atom is -0.872 e. The van der Waals surface area contributed by atoms with E-state index in [-0.39, 0.29) is 12.1 Å². The lowest BCUT2D eigenvalue weighted by molar-refractivity contribution is -0.268. The number of carboxylic acids is 1. The molecule has 1 aliphatic rings. The van der Waals surface area contributed by atoms with Crippen molar-refractivity contribution in [3.63, 3.8) is 0 Å². The quantitative estimate of drug-likeness (QED) is 0.719. The molecule has 1 heterocycles. The molecule has 1 aliphatic heterocycles. The van der Waals surface area contributed by atoms with E-state index in [2.05, 4.69) is 10.6 Å². The maximum absolute atomic E-state index is 11.7. The van der Waals surface area contributed by atoms with E-state index in [0.717, 1.165) is 23.9 Å². The van der Waals surface area contributed by atoms with Crippen LogP contribution in [0.5, 0.6) is 5.75 Å². The van der Waals surface area contributed by atoms with Crippen LogP contribution in [0.1, 0.15) is 16.8 Å². The first-order valence-corrected chi connectivity index (χ1v) is 6.60. The van der Waals surface area contributed by atoms with Gasteiger partial charge < -0.3 is 15.5 Å². The second-order valence-electron chi connectivity index (χ2n) is 4.15. The number of benzene rings is 1. The van der Waals surface area contributed by atoms with Gasteiger partial charge in [-0.3, -0.25) is 19.7 Å². The van der Waals surface area contributed by atoms with Gasteiger partial charge in [-0.1, -0.05) is 17.5 Å². The van der Waals surface area contributed by atoms with Crippen LogP contribution in [0.2, 0.25) is 0 Å². The Morgan fingerprint density at radius 3 is 2.62 bits per heavy atom. The Bertz CT molecular complexity index is 645. The molecule has 0 spiro atoms. The standard InChI is InChI=1S/C12H10N2O6S/c15-7-3-5(1-2-6(7)11(18)19)13-9(16)4-8-10(17)14-12(20)21-8/h1-3,8,15H,4H2,(H,13,16)(H,18,19)(H,14,17,20)/p-1/t8-/m0/s1. The van der Waals surface area contributed by atoms with E-state index in [1.54, 1.807) is 0 Å². The number of rotatable bonds is 4. The summed E-state index contributed by atoms with van der Waals surface area (Å²) >= 11 is 0.722. The van der Waals surface area contributed by atoms with E-state index in [1.165, 1.54) is 6.07 Å². The van der Waals surface area contributed by atoms with Gasteiger partial charge in [-0.25, -0.2) is 4.79 Å². The molecule has 1 aromatic carbocycles. The van der Waals surface area contributed by atoms with Gasteiger partial charge in [0.2, 0.25) is 11.8 Å². The third-order valence-electron chi connectivity index (χ3n) is 2.63. The molecule has 0 aromatic heterocycles. The first-order chi connectivity index (χ1) is 9.86. The van der Waals surface area contributed by atoms with Crippen LogP contribution in [0.3, 0.4) is 0 Å². The van der Waals surface area contributed by atoms with E-state index < -0.39 is 39.6 Å². The Kier molecular flexibility index (Phi) is 4.13. The van der Waals surface area contributed by atoms with Gasteiger partial charge in [0.1, 0.15) is 5.25 Å². The average molecular weight is 309 g/mol. The van der Waals surface area contributed by atoms with Crippen molar-refractivity contribution >= 4 is 40.5 Å². The summed E-state index contributed by atoms with van der Waals surface area (Å²) in [7, 11) is 0. The minimum absolute atomic E-state index is 0.129. The van der Waals surface area contributed by atoms with Crippen LogP contribution in [0, 0.1) is 0 Å². The van der Waals surface area contributed by atoms with Crippen molar-refractivity contribution in [1.29, 1.82) is 0 Å². The fourth-order valence-electron chi connectivity index (χ4n) is 1.68. The second-order valence-corrected chi connectivity index (χ2v) is 5.33. The highest BCUT2D eigenvalue weighted by atomic mass is 32.2. The number of anilines is 1. The normalized spacial score (nSPS) is 17.4. The monoisotopic (exact) mass is 309 g/mol. The van der Waals surface area contributed by atoms with Crippen molar-refractivity contribution in [3.05, 3.63) is 23.8 Å². The Labute approximate surface area is 122 Å². The Balaban J connectivity index is 2.00. The van der Waals surface area contributed by atoms with Crippen molar-refractivity contribution in [2.45, 2.75) is 11.7 Å². The van der Waals surface area contributed by atoms with Crippen LogP contribution < -0.4 is 15.7 Å². The molecule has 21 heavy (non-hydrogen) atoms. The molecule has 8 nitrogen and oxygen atoms in total. The molecule has 1 saturated heterocycles. The summed E-state index contributed by atoms with van der Waals surface area (Å²) in [6.45, 7) is 0. The maximum atomic E-state index is 11.7. The van der Waals surface area contributed by atoms with E-state index >= 15 is 0 Å². The summed E-state index contributed by atoms with van der Waals surface area (Å²) in [5.74, 6) is -3.18. The zero-order valence-electron chi connectivity index (χ0n) is 10.4. The highest BCUT2D eigenvalue weighted by molar-refractivity contribution is 8.15. The van der Waals surface area contributed by atoms with Crippen molar-refractivity contribution in [1.82, 2.24) is 5.32 Å². The van der Waals surface area contributed by atoms with Crippen molar-refractivity contribution < 1.29 is 29.4 Å². The van der Waals surface area contributed by atoms with Crippen LogP contribution in [-0.4, -0.2) is 33.4 Å². The van der Waals surface area contributed by atoms with Gasteiger partial charge >= 0.3 is 5.97 Å². The number of hydrogen-bond acceptors (Lipinski definition) is 6. The zero-order valence-corrected chi connectivity index (χ0v) is 11.2. The summed E-state index contributed by atoms with van der Waals surface area (Å²) in [4.78, 5) is 44.7. The first kappa shape index (κ1) is 14.9. The number of thioether (sulfide) groups is 1. The van der Waals surface area contributed by atoms with Gasteiger partial charge in [-0.05, 0) is 18.2 Å². The molecule has 0 bridgehead atoms. The summed E-state index contributed by atoms with van der Waals surface area (Å²) < 4.78 is 0. The summed E-state index contributed by atoms with van der Waals surface area (Å²) in [5.41, 5.74) is -0.269. The first-order valence-electron chi connectivity index (χ1n) is 5.72. The van der Waals surface area contributed by atoms with Gasteiger partial charge in [-0.15, -0.1) is 0 Å². The van der Waals surface area contributed by atoms with Gasteiger partial charge in [0.15, 0.2) is 0 Å². The average Bonchev–Trinajstić information content (AvgIpc) is 2.67. The highest BCUT2D eigenvalue weighted by Crippen LogP contribution is 2.23. The molecule has 0 unspecified atom stereocenters. The molecule has 1 fully saturated rings. The summed E-state index contributed by atoms with van der Waals surface area (Å²) in [5, 5.41) is 23.3. The molecule has 3 amide bonds. The number of imide groups is 1. The molecule has 110 valence electrons. The van der Waals surface area contributed by atoms with Gasteiger partial charge in [0.25, 0.3) is 5.24 Å². The zero-order chi connectivity index (χ0) is 15.6. The van der Waals surface area contributed by atoms with Crippen LogP contribution in [0.15, 0.2) is 18.2 Å². The number of carboxylic acid groups (broad SMARTS) is 1. The number of carbonyl (C=O) groups is 4. The molecule has 3 N–H and O–H groups in total. The topological polar surface area (TPSA) is 136 Å². The fraction of sp³-hybridized carbons (Fsp3) is 0.167. The number of hydrogen-bond donors (Lipinski definition) is 3. The maximum Gasteiger partial charge on any atom is 0.335 e. The predicted octanol–water partition coefficient (Wildman–Crippen LogP) is 0.139. The lowest BCUT2D eigenvalue weighted by Gasteiger charge is -2.13. The van der Waals surface area contributed by atoms with E-state index in [4.69, 9.17) is 5.11 Å². The highest BCUT2D eigenvalue weighted by Gasteiger charge is 2.33. The molecule has 1 aromatic rings. The fourth-order valence-corrected chi connectivity index (χ4v) is 2.50. The van der Waals surface area contributed by atoms with Crippen LogP contribution in [0.4, 0.5) is 10.5 Å². The van der Waals surface area contributed by atoms with Gasteiger partial charge in [0.05, 0.1) is 5.56 Å². The van der Waals surface area contributed by atoms with Crippen molar-refractivity contribution in [3.8, 4) is 5.75 Å². The SMILES string of the molecule is O=C(C[C@@H]1SC(=O)NC1=O)Nc1ccc(C(=O)O)c([O-])c1. The molecule has 9 heteroatoms. The van der Waals surface area contributed by atoms with Crippen molar-refractivity contribution in [2.24, 2.45) is 0 Å². The van der Waals surface area contributed by atoms with Crippen LogP contribution in [-0.2, 0) is 9.59 Å².